The van der Waals surface area contributed by atoms with Gasteiger partial charge in [-0.05, 0) is 19.3 Å². The Bertz CT molecular complexity index is 711. The molecule has 136 valence electrons. The molecule has 0 unspecified atom stereocenters. The summed E-state index contributed by atoms with van der Waals surface area (Å²) in [4.78, 5) is 4.60. The van der Waals surface area contributed by atoms with Gasteiger partial charge in [0.15, 0.2) is 11.5 Å². The van der Waals surface area contributed by atoms with E-state index in [-0.39, 0.29) is 17.6 Å². The average molecular weight is 349 g/mol. The predicted octanol–water partition coefficient (Wildman–Crippen LogP) is 1.37. The molecule has 0 aromatic carbocycles. The van der Waals surface area contributed by atoms with E-state index in [1.165, 1.54) is 6.42 Å². The van der Waals surface area contributed by atoms with Crippen LogP contribution in [0.5, 0.6) is 0 Å². The van der Waals surface area contributed by atoms with Crippen LogP contribution in [-0.2, 0) is 19.6 Å². The highest BCUT2D eigenvalue weighted by molar-refractivity contribution is 5.44. The molecule has 1 saturated carbocycles. The Labute approximate surface area is 145 Å². The standard InChI is InChI=1S/C16H23N5O4/c1-22-7-6-16(4-3-5-16)15-17-14(25-19-15)11-8-21(20-18-11)12-9-24-10-13(12)23-2/h8,12-13H,3-7,9-10H2,1-2H3/t12-,13-/m1/s1. The Kier molecular flexibility index (Phi) is 4.53. The lowest BCUT2D eigenvalue weighted by Gasteiger charge is -2.38. The minimum atomic E-state index is -0.0277. The molecule has 2 fully saturated rings. The first-order chi connectivity index (χ1) is 12.3. The minimum absolute atomic E-state index is 0.00770. The van der Waals surface area contributed by atoms with Crippen LogP contribution < -0.4 is 0 Å². The van der Waals surface area contributed by atoms with Crippen molar-refractivity contribution in [3.05, 3.63) is 12.0 Å². The van der Waals surface area contributed by atoms with Crippen molar-refractivity contribution in [1.29, 1.82) is 0 Å². The molecule has 4 rings (SSSR count). The Morgan fingerprint density at radius 2 is 2.20 bits per heavy atom. The van der Waals surface area contributed by atoms with Gasteiger partial charge in [0, 0.05) is 26.2 Å². The van der Waals surface area contributed by atoms with Crippen LogP contribution in [0.4, 0.5) is 0 Å². The van der Waals surface area contributed by atoms with E-state index in [2.05, 4.69) is 20.5 Å². The second-order valence-corrected chi connectivity index (χ2v) is 6.76. The molecular formula is C16H23N5O4. The number of hydrogen-bond acceptors (Lipinski definition) is 8. The smallest absolute Gasteiger partial charge is 0.280 e. The third-order valence-corrected chi connectivity index (χ3v) is 5.37. The van der Waals surface area contributed by atoms with Gasteiger partial charge in [0.25, 0.3) is 5.89 Å². The van der Waals surface area contributed by atoms with Gasteiger partial charge in [-0.3, -0.25) is 0 Å². The predicted molar refractivity (Wildman–Crippen MR) is 86.0 cm³/mol. The van der Waals surface area contributed by atoms with Gasteiger partial charge in [-0.1, -0.05) is 16.8 Å². The number of methoxy groups -OCH3 is 2. The fraction of sp³-hybridized carbons (Fsp3) is 0.750. The van der Waals surface area contributed by atoms with Gasteiger partial charge in [0.2, 0.25) is 0 Å². The van der Waals surface area contributed by atoms with E-state index in [0.29, 0.717) is 31.4 Å². The topological polar surface area (TPSA) is 97.3 Å². The normalized spacial score (nSPS) is 25.2. The van der Waals surface area contributed by atoms with Crippen molar-refractivity contribution in [1.82, 2.24) is 25.1 Å². The van der Waals surface area contributed by atoms with Crippen LogP contribution in [0.15, 0.2) is 10.7 Å². The summed E-state index contributed by atoms with van der Waals surface area (Å²) in [7, 11) is 3.39. The summed E-state index contributed by atoms with van der Waals surface area (Å²) in [6.07, 6.45) is 6.01. The first-order valence-corrected chi connectivity index (χ1v) is 8.61. The third-order valence-electron chi connectivity index (χ3n) is 5.37. The Hall–Kier alpha value is -1.84. The Morgan fingerprint density at radius 1 is 1.32 bits per heavy atom. The molecule has 0 radical (unpaired) electrons. The monoisotopic (exact) mass is 349 g/mol. The number of nitrogens with zero attached hydrogens (tertiary/aromatic N) is 5. The van der Waals surface area contributed by atoms with Crippen molar-refractivity contribution in [3.8, 4) is 11.6 Å². The number of hydrogen-bond donors (Lipinski definition) is 0. The molecule has 1 saturated heterocycles. The fourth-order valence-corrected chi connectivity index (χ4v) is 3.56. The summed E-state index contributed by atoms with van der Waals surface area (Å²) in [6.45, 7) is 1.81. The molecule has 0 amide bonds. The maximum atomic E-state index is 5.46. The molecule has 2 aromatic rings. The molecule has 2 atom stereocenters. The SMILES string of the molecule is COCCC1(c2noc(-c3cn([C@@H]4COC[C@H]4OC)nn3)n2)CCC1. The van der Waals surface area contributed by atoms with E-state index in [0.717, 1.165) is 25.1 Å². The first kappa shape index (κ1) is 16.6. The van der Waals surface area contributed by atoms with Crippen LogP contribution >= 0.6 is 0 Å². The zero-order valence-corrected chi connectivity index (χ0v) is 14.6. The van der Waals surface area contributed by atoms with E-state index in [9.17, 15) is 0 Å². The van der Waals surface area contributed by atoms with E-state index in [1.807, 2.05) is 6.20 Å². The summed E-state index contributed by atoms with van der Waals surface area (Å²) in [6, 6.07) is 0.00770. The number of ether oxygens (including phenoxy) is 3. The lowest BCUT2D eigenvalue weighted by Crippen LogP contribution is -2.36. The Balaban J connectivity index is 1.53. The number of rotatable bonds is 7. The largest absolute Gasteiger partial charge is 0.385 e. The summed E-state index contributed by atoms with van der Waals surface area (Å²) >= 11 is 0. The first-order valence-electron chi connectivity index (χ1n) is 8.61. The van der Waals surface area contributed by atoms with Crippen molar-refractivity contribution in [2.75, 3.05) is 34.0 Å². The molecule has 9 nitrogen and oxygen atoms in total. The van der Waals surface area contributed by atoms with Gasteiger partial charge < -0.3 is 18.7 Å². The van der Waals surface area contributed by atoms with E-state index < -0.39 is 0 Å². The lowest BCUT2D eigenvalue weighted by molar-refractivity contribution is 0.0661. The molecule has 25 heavy (non-hydrogen) atoms. The third kappa shape index (κ3) is 2.96. The molecule has 0 bridgehead atoms. The van der Waals surface area contributed by atoms with Crippen molar-refractivity contribution in [2.24, 2.45) is 0 Å². The highest BCUT2D eigenvalue weighted by atomic mass is 16.5. The molecule has 0 N–H and O–H groups in total. The zero-order chi connectivity index (χ0) is 17.3. The lowest BCUT2D eigenvalue weighted by atomic mass is 9.66. The summed E-state index contributed by atoms with van der Waals surface area (Å²) in [5.41, 5.74) is 0.551. The zero-order valence-electron chi connectivity index (χ0n) is 14.6. The van der Waals surface area contributed by atoms with Crippen LogP contribution in [0.3, 0.4) is 0 Å². The van der Waals surface area contributed by atoms with Gasteiger partial charge in [0.05, 0.1) is 19.4 Å². The van der Waals surface area contributed by atoms with Gasteiger partial charge in [-0.15, -0.1) is 5.10 Å². The molecule has 1 aliphatic heterocycles. The highest BCUT2D eigenvalue weighted by Gasteiger charge is 2.42. The van der Waals surface area contributed by atoms with Crippen LogP contribution in [0.1, 0.15) is 37.5 Å². The quantitative estimate of drug-likeness (QED) is 0.739. The molecule has 1 aliphatic carbocycles. The number of aromatic nitrogens is 5. The van der Waals surface area contributed by atoms with Crippen molar-refractivity contribution < 1.29 is 18.7 Å². The van der Waals surface area contributed by atoms with Gasteiger partial charge >= 0.3 is 0 Å². The minimum Gasteiger partial charge on any atom is -0.385 e. The molecular weight excluding hydrogens is 326 g/mol. The van der Waals surface area contributed by atoms with Gasteiger partial charge in [-0.2, -0.15) is 4.98 Å². The Morgan fingerprint density at radius 3 is 2.92 bits per heavy atom. The molecule has 9 heteroatoms. The second-order valence-electron chi connectivity index (χ2n) is 6.76. The van der Waals surface area contributed by atoms with E-state index >= 15 is 0 Å². The summed E-state index contributed by atoms with van der Waals surface area (Å²) in [5, 5.41) is 12.6. The fourth-order valence-electron chi connectivity index (χ4n) is 3.56. The van der Waals surface area contributed by atoms with Crippen LogP contribution in [0, 0.1) is 0 Å². The highest BCUT2D eigenvalue weighted by Crippen LogP contribution is 2.45. The maximum Gasteiger partial charge on any atom is 0.280 e. The van der Waals surface area contributed by atoms with Gasteiger partial charge in [-0.25, -0.2) is 4.68 Å². The van der Waals surface area contributed by atoms with Crippen molar-refractivity contribution >= 4 is 0 Å². The van der Waals surface area contributed by atoms with Crippen LogP contribution in [0.25, 0.3) is 11.6 Å². The van der Waals surface area contributed by atoms with E-state index in [1.54, 1.807) is 18.9 Å². The van der Waals surface area contributed by atoms with Crippen molar-refractivity contribution in [2.45, 2.75) is 43.2 Å². The summed E-state index contributed by atoms with van der Waals surface area (Å²) in [5.74, 6) is 1.15. The van der Waals surface area contributed by atoms with E-state index in [4.69, 9.17) is 18.7 Å². The molecule has 2 aliphatic rings. The molecule has 0 spiro atoms. The molecule has 2 aromatic heterocycles. The van der Waals surface area contributed by atoms with Gasteiger partial charge in [0.1, 0.15) is 12.1 Å². The van der Waals surface area contributed by atoms with Crippen molar-refractivity contribution in [3.63, 3.8) is 0 Å². The van der Waals surface area contributed by atoms with Crippen LogP contribution in [-0.4, -0.2) is 65.3 Å². The molecule has 3 heterocycles. The second kappa shape index (κ2) is 6.81. The maximum absolute atomic E-state index is 5.46. The summed E-state index contributed by atoms with van der Waals surface area (Å²) < 4.78 is 23.3. The average Bonchev–Trinajstić information content (AvgIpc) is 3.32. The van der Waals surface area contributed by atoms with Crippen LogP contribution in [0.2, 0.25) is 0 Å².